The van der Waals surface area contributed by atoms with Crippen LogP contribution in [-0.4, -0.2) is 41.6 Å². The van der Waals surface area contributed by atoms with Crippen LogP contribution in [0.5, 0.6) is 0 Å². The average molecular weight is 367 g/mol. The van der Waals surface area contributed by atoms with Gasteiger partial charge in [-0.25, -0.2) is 9.98 Å². The van der Waals surface area contributed by atoms with Crippen LogP contribution in [0.4, 0.5) is 5.82 Å². The summed E-state index contributed by atoms with van der Waals surface area (Å²) < 4.78 is 0. The van der Waals surface area contributed by atoms with Crippen LogP contribution in [0.25, 0.3) is 0 Å². The van der Waals surface area contributed by atoms with Crippen molar-refractivity contribution in [1.82, 2.24) is 20.6 Å². The maximum absolute atomic E-state index is 4.73. The smallest absolute Gasteiger partial charge is 0.191 e. The van der Waals surface area contributed by atoms with Crippen LogP contribution in [-0.2, 0) is 6.54 Å². The van der Waals surface area contributed by atoms with Crippen molar-refractivity contribution in [3.05, 3.63) is 53.5 Å². The van der Waals surface area contributed by atoms with Gasteiger partial charge in [0.2, 0.25) is 0 Å². The number of pyridine rings is 2. The largest absolute Gasteiger partial charge is 0.357 e. The van der Waals surface area contributed by atoms with Crippen LogP contribution < -0.4 is 15.5 Å². The zero-order valence-corrected chi connectivity index (χ0v) is 16.6. The summed E-state index contributed by atoms with van der Waals surface area (Å²) in [5.74, 6) is 1.95. The minimum absolute atomic E-state index is 0.425. The van der Waals surface area contributed by atoms with E-state index >= 15 is 0 Å². The van der Waals surface area contributed by atoms with Crippen LogP contribution >= 0.6 is 0 Å². The molecule has 0 radical (unpaired) electrons. The molecule has 1 fully saturated rings. The summed E-state index contributed by atoms with van der Waals surface area (Å²) in [7, 11) is 0. The van der Waals surface area contributed by atoms with Gasteiger partial charge in [-0.2, -0.15) is 0 Å². The Morgan fingerprint density at radius 3 is 2.70 bits per heavy atom. The van der Waals surface area contributed by atoms with E-state index in [4.69, 9.17) is 4.99 Å². The number of anilines is 1. The van der Waals surface area contributed by atoms with Crippen LogP contribution in [0.2, 0.25) is 0 Å². The first-order chi connectivity index (χ1) is 13.2. The fraction of sp³-hybridized carbons (Fsp3) is 0.476. The zero-order chi connectivity index (χ0) is 19.1. The molecule has 3 rings (SSSR count). The third-order valence-corrected chi connectivity index (χ3v) is 4.88. The van der Waals surface area contributed by atoms with Gasteiger partial charge in [0, 0.05) is 37.6 Å². The van der Waals surface area contributed by atoms with Gasteiger partial charge in [-0.1, -0.05) is 12.1 Å². The van der Waals surface area contributed by atoms with Gasteiger partial charge in [-0.05, 0) is 57.4 Å². The van der Waals surface area contributed by atoms with Crippen molar-refractivity contribution in [3.63, 3.8) is 0 Å². The number of hydrogen-bond acceptors (Lipinski definition) is 4. The normalized spacial score (nSPS) is 15.7. The Morgan fingerprint density at radius 2 is 2.00 bits per heavy atom. The molecular formula is C21H30N6. The average Bonchev–Trinajstić information content (AvgIpc) is 2.68. The number of guanidine groups is 1. The molecule has 1 aliphatic heterocycles. The van der Waals surface area contributed by atoms with Gasteiger partial charge in [0.1, 0.15) is 5.82 Å². The molecule has 0 aliphatic carbocycles. The van der Waals surface area contributed by atoms with E-state index in [1.54, 1.807) is 0 Å². The van der Waals surface area contributed by atoms with Crippen LogP contribution in [0, 0.1) is 13.8 Å². The van der Waals surface area contributed by atoms with Gasteiger partial charge >= 0.3 is 0 Å². The SMILES string of the molecule is CCNC(=NCc1ncccc1C)NC1CCN(c2cccc(C)n2)CC1. The quantitative estimate of drug-likeness (QED) is 0.629. The lowest BCUT2D eigenvalue weighted by molar-refractivity contribution is 0.459. The number of aryl methyl sites for hydroxylation is 2. The van der Waals surface area contributed by atoms with Gasteiger partial charge in [0.05, 0.1) is 12.2 Å². The Balaban J connectivity index is 1.56. The molecule has 0 bridgehead atoms. The maximum Gasteiger partial charge on any atom is 0.191 e. The summed E-state index contributed by atoms with van der Waals surface area (Å²) in [6, 6.07) is 10.7. The van der Waals surface area contributed by atoms with Crippen LogP contribution in [0.1, 0.15) is 36.7 Å². The molecule has 0 spiro atoms. The molecule has 1 aliphatic rings. The number of rotatable bonds is 5. The minimum atomic E-state index is 0.425. The highest BCUT2D eigenvalue weighted by Gasteiger charge is 2.21. The van der Waals surface area contributed by atoms with E-state index in [9.17, 15) is 0 Å². The molecule has 6 heteroatoms. The molecule has 144 valence electrons. The van der Waals surface area contributed by atoms with E-state index in [1.807, 2.05) is 25.3 Å². The summed E-state index contributed by atoms with van der Waals surface area (Å²) in [4.78, 5) is 16.2. The highest BCUT2D eigenvalue weighted by molar-refractivity contribution is 5.80. The molecule has 1 saturated heterocycles. The van der Waals surface area contributed by atoms with E-state index in [0.29, 0.717) is 12.6 Å². The Kier molecular flexibility index (Phi) is 6.63. The highest BCUT2D eigenvalue weighted by atomic mass is 15.2. The third kappa shape index (κ3) is 5.42. The molecule has 3 heterocycles. The Morgan fingerprint density at radius 1 is 1.19 bits per heavy atom. The van der Waals surface area contributed by atoms with Crippen molar-refractivity contribution in [2.45, 2.75) is 46.2 Å². The second-order valence-corrected chi connectivity index (χ2v) is 7.00. The molecular weight excluding hydrogens is 336 g/mol. The van der Waals surface area contributed by atoms with Crippen molar-refractivity contribution in [2.75, 3.05) is 24.5 Å². The van der Waals surface area contributed by atoms with Gasteiger partial charge in [-0.15, -0.1) is 0 Å². The van der Waals surface area contributed by atoms with E-state index < -0.39 is 0 Å². The summed E-state index contributed by atoms with van der Waals surface area (Å²) in [5, 5.41) is 6.95. The lowest BCUT2D eigenvalue weighted by Gasteiger charge is -2.34. The first-order valence-electron chi connectivity index (χ1n) is 9.79. The zero-order valence-electron chi connectivity index (χ0n) is 16.6. The molecule has 2 aromatic heterocycles. The van der Waals surface area contributed by atoms with Gasteiger partial charge < -0.3 is 15.5 Å². The lowest BCUT2D eigenvalue weighted by Crippen LogP contribution is -2.49. The predicted octanol–water partition coefficient (Wildman–Crippen LogP) is 2.82. The molecule has 27 heavy (non-hydrogen) atoms. The Hall–Kier alpha value is -2.63. The minimum Gasteiger partial charge on any atom is -0.357 e. The molecule has 0 amide bonds. The highest BCUT2D eigenvalue weighted by Crippen LogP contribution is 2.18. The number of aromatic nitrogens is 2. The van der Waals surface area contributed by atoms with Crippen LogP contribution in [0.3, 0.4) is 0 Å². The van der Waals surface area contributed by atoms with E-state index in [1.165, 1.54) is 5.56 Å². The van der Waals surface area contributed by atoms with Gasteiger partial charge in [-0.3, -0.25) is 4.98 Å². The molecule has 6 nitrogen and oxygen atoms in total. The predicted molar refractivity (Wildman–Crippen MR) is 111 cm³/mol. The van der Waals surface area contributed by atoms with Gasteiger partial charge in [0.25, 0.3) is 0 Å². The number of nitrogens with one attached hydrogen (secondary N) is 2. The monoisotopic (exact) mass is 366 g/mol. The third-order valence-electron chi connectivity index (χ3n) is 4.88. The second-order valence-electron chi connectivity index (χ2n) is 7.00. The maximum atomic E-state index is 4.73. The van der Waals surface area contributed by atoms with E-state index in [2.05, 4.69) is 57.5 Å². The molecule has 2 aromatic rings. The molecule has 2 N–H and O–H groups in total. The van der Waals surface area contributed by atoms with Crippen molar-refractivity contribution in [3.8, 4) is 0 Å². The van der Waals surface area contributed by atoms with E-state index in [-0.39, 0.29) is 0 Å². The fourth-order valence-corrected chi connectivity index (χ4v) is 3.31. The topological polar surface area (TPSA) is 65.4 Å². The second kappa shape index (κ2) is 9.35. The van der Waals surface area contributed by atoms with E-state index in [0.717, 1.165) is 55.6 Å². The van der Waals surface area contributed by atoms with Crippen molar-refractivity contribution < 1.29 is 0 Å². The first kappa shape index (κ1) is 19.1. The lowest BCUT2D eigenvalue weighted by atomic mass is 10.1. The number of piperidine rings is 1. The summed E-state index contributed by atoms with van der Waals surface area (Å²) in [6.07, 6.45) is 3.97. The van der Waals surface area contributed by atoms with Gasteiger partial charge in [0.15, 0.2) is 5.96 Å². The number of hydrogen-bond donors (Lipinski definition) is 2. The fourth-order valence-electron chi connectivity index (χ4n) is 3.31. The van der Waals surface area contributed by atoms with Crippen LogP contribution in [0.15, 0.2) is 41.5 Å². The van der Waals surface area contributed by atoms with Crippen molar-refractivity contribution in [2.24, 2.45) is 4.99 Å². The Labute approximate surface area is 162 Å². The standard InChI is InChI=1S/C21H30N6/c1-4-22-21(24-15-19-16(2)7-6-12-23-19)26-18-10-13-27(14-11-18)20-9-5-8-17(3)25-20/h5-9,12,18H,4,10-11,13-15H2,1-3H3,(H2,22,24,26). The molecule has 0 unspecified atom stereocenters. The first-order valence-corrected chi connectivity index (χ1v) is 9.79. The molecule has 0 atom stereocenters. The number of aliphatic imine (C=N–C) groups is 1. The summed E-state index contributed by atoms with van der Waals surface area (Å²) in [6.45, 7) is 9.66. The summed E-state index contributed by atoms with van der Waals surface area (Å²) >= 11 is 0. The Bertz CT molecular complexity index is 765. The number of nitrogens with zero attached hydrogens (tertiary/aromatic N) is 4. The molecule has 0 saturated carbocycles. The van der Waals surface area contributed by atoms with Crippen molar-refractivity contribution in [1.29, 1.82) is 0 Å². The summed E-state index contributed by atoms with van der Waals surface area (Å²) in [5.41, 5.74) is 3.27. The van der Waals surface area contributed by atoms with Crippen molar-refractivity contribution >= 4 is 11.8 Å². The molecule has 0 aromatic carbocycles.